The summed E-state index contributed by atoms with van der Waals surface area (Å²) >= 11 is 0. The first kappa shape index (κ1) is 31.1. The van der Waals surface area contributed by atoms with Gasteiger partial charge in [-0.05, 0) is 46.9 Å². The van der Waals surface area contributed by atoms with Gasteiger partial charge in [-0.2, -0.15) is 6.07 Å². The summed E-state index contributed by atoms with van der Waals surface area (Å²) in [6.07, 6.45) is 4.51. The van der Waals surface area contributed by atoms with Crippen LogP contribution in [0.2, 0.25) is 0 Å². The molecule has 6 aromatic carbocycles. The SMILES string of the molecule is [Ti].[cH-]1[cH-][cH-][cH-][cH-]1.c1ccc(CP(Cc2ccccc2)c2ccc[c-]2P(Cc2ccccc2)Cc2ccccc2)cc1. The number of hydrogen-bond donors (Lipinski definition) is 0. The summed E-state index contributed by atoms with van der Waals surface area (Å²) in [6, 6.07) is 61.4. The fraction of sp³-hybridized carbons (Fsp3) is 0.105. The van der Waals surface area contributed by atoms with E-state index in [-0.39, 0.29) is 37.6 Å². The molecule has 0 N–H and O–H groups in total. The van der Waals surface area contributed by atoms with Gasteiger partial charge in [0.2, 0.25) is 0 Å². The molecule has 0 aliphatic rings. The molecule has 0 amide bonds. The van der Waals surface area contributed by atoms with Gasteiger partial charge in [0.15, 0.2) is 0 Å². The van der Waals surface area contributed by atoms with Gasteiger partial charge < -0.3 is 30.3 Å². The third kappa shape index (κ3) is 9.89. The summed E-state index contributed by atoms with van der Waals surface area (Å²) in [6.45, 7) is 0. The topological polar surface area (TPSA) is 0 Å². The predicted octanol–water partition coefficient (Wildman–Crippen LogP) is 9.82. The maximum atomic E-state index is 2.43. The van der Waals surface area contributed by atoms with Gasteiger partial charge in [-0.15, -0.1) is 18.5 Å². The zero-order chi connectivity index (χ0) is 27.2. The van der Waals surface area contributed by atoms with Crippen LogP contribution in [0.5, 0.6) is 0 Å². The number of benzene rings is 4. The monoisotopic (exact) mass is 602 g/mol. The van der Waals surface area contributed by atoms with Crippen molar-refractivity contribution >= 4 is 26.5 Å². The molecule has 6 aromatic rings. The van der Waals surface area contributed by atoms with Crippen LogP contribution in [0.3, 0.4) is 0 Å². The Labute approximate surface area is 263 Å². The smallest absolute Gasteiger partial charge is 0 e. The van der Waals surface area contributed by atoms with E-state index in [0.29, 0.717) is 0 Å². The van der Waals surface area contributed by atoms with Crippen LogP contribution < -0.4 is 10.6 Å². The van der Waals surface area contributed by atoms with Gasteiger partial charge in [-0.25, -0.2) is 12.1 Å². The van der Waals surface area contributed by atoms with Crippen molar-refractivity contribution in [3.63, 3.8) is 0 Å². The summed E-state index contributed by atoms with van der Waals surface area (Å²) in [5.74, 6) is 0. The van der Waals surface area contributed by atoms with Gasteiger partial charge in [0.1, 0.15) is 0 Å². The van der Waals surface area contributed by atoms with E-state index in [9.17, 15) is 0 Å². The second-order valence-corrected chi connectivity index (χ2v) is 14.3. The maximum Gasteiger partial charge on any atom is 0 e. The van der Waals surface area contributed by atoms with Crippen LogP contribution in [0.1, 0.15) is 22.3 Å². The minimum absolute atomic E-state index is 0. The predicted molar refractivity (Wildman–Crippen MR) is 178 cm³/mol. The Balaban J connectivity index is 0.000000584. The standard InChI is InChI=1S/C33H31P2.C5H5.Ti/c1-5-14-28(15-6-1)24-34(25-29-16-7-2-8-17-29)32-22-13-23-33(32)35(26-30-18-9-3-10-19-30)27-31-20-11-4-12-21-31;1-2-4-5-3-1;/h1-23H,24-27H2;1-5H;/q-1;-5;. The van der Waals surface area contributed by atoms with Crippen molar-refractivity contribution < 1.29 is 21.7 Å². The summed E-state index contributed by atoms with van der Waals surface area (Å²) in [4.78, 5) is 0. The van der Waals surface area contributed by atoms with Crippen LogP contribution in [-0.4, -0.2) is 0 Å². The van der Waals surface area contributed by atoms with Crippen molar-refractivity contribution in [2.45, 2.75) is 24.6 Å². The molecule has 0 saturated carbocycles. The van der Waals surface area contributed by atoms with Gasteiger partial charge in [-0.3, -0.25) is 0 Å². The molecule has 0 saturated heterocycles. The molecule has 0 spiro atoms. The van der Waals surface area contributed by atoms with Crippen LogP contribution in [0.4, 0.5) is 0 Å². The van der Waals surface area contributed by atoms with E-state index in [0.717, 1.165) is 24.6 Å². The summed E-state index contributed by atoms with van der Waals surface area (Å²) < 4.78 is 0. The van der Waals surface area contributed by atoms with E-state index < -0.39 is 0 Å². The molecule has 0 nitrogen and oxygen atoms in total. The first-order chi connectivity index (χ1) is 19.8. The Morgan fingerprint density at radius 2 is 0.756 bits per heavy atom. The third-order valence-corrected chi connectivity index (χ3v) is 12.2. The van der Waals surface area contributed by atoms with E-state index in [4.69, 9.17) is 0 Å². The van der Waals surface area contributed by atoms with E-state index in [1.807, 2.05) is 30.3 Å². The third-order valence-electron chi connectivity index (χ3n) is 6.87. The first-order valence-corrected chi connectivity index (χ1v) is 17.4. The van der Waals surface area contributed by atoms with E-state index in [1.54, 1.807) is 10.6 Å². The minimum atomic E-state index is -0.358. The second kappa shape index (κ2) is 17.2. The number of rotatable bonds is 10. The molecule has 0 bridgehead atoms. The molecule has 208 valence electrons. The molecule has 0 atom stereocenters. The fourth-order valence-electron chi connectivity index (χ4n) is 4.92. The van der Waals surface area contributed by atoms with Gasteiger partial charge >= 0.3 is 0 Å². The normalized spacial score (nSPS) is 10.6. The minimum Gasteiger partial charge on any atom is -0.748 e. The van der Waals surface area contributed by atoms with Gasteiger partial charge in [-0.1, -0.05) is 129 Å². The average Bonchev–Trinajstić information content (AvgIpc) is 3.75. The van der Waals surface area contributed by atoms with Crippen LogP contribution in [-0.2, 0) is 46.4 Å². The zero-order valence-electron chi connectivity index (χ0n) is 23.4. The van der Waals surface area contributed by atoms with Crippen molar-refractivity contribution in [2.75, 3.05) is 0 Å². The Bertz CT molecular complexity index is 1280. The second-order valence-electron chi connectivity index (χ2n) is 9.91. The van der Waals surface area contributed by atoms with Gasteiger partial charge in [0.05, 0.1) is 0 Å². The Morgan fingerprint density at radius 3 is 1.12 bits per heavy atom. The zero-order valence-corrected chi connectivity index (χ0v) is 26.7. The van der Waals surface area contributed by atoms with Crippen molar-refractivity contribution in [2.24, 2.45) is 0 Å². The van der Waals surface area contributed by atoms with Crippen LogP contribution >= 0.6 is 15.8 Å². The molecule has 3 heteroatoms. The van der Waals surface area contributed by atoms with Gasteiger partial charge in [0.25, 0.3) is 0 Å². The van der Waals surface area contributed by atoms with Crippen molar-refractivity contribution in [3.05, 3.63) is 192 Å². The van der Waals surface area contributed by atoms with Crippen LogP contribution in [0.15, 0.2) is 170 Å². The molecule has 0 aromatic heterocycles. The van der Waals surface area contributed by atoms with E-state index >= 15 is 0 Å². The Kier molecular flexibility index (Phi) is 13.0. The molecule has 0 fully saturated rings. The largest absolute Gasteiger partial charge is 0.748 e. The summed E-state index contributed by atoms with van der Waals surface area (Å²) in [7, 11) is -0.715. The first-order valence-electron chi connectivity index (χ1n) is 13.9. The molecular weight excluding hydrogens is 566 g/mol. The maximum absolute atomic E-state index is 2.43. The molecule has 0 aliphatic heterocycles. The van der Waals surface area contributed by atoms with Crippen molar-refractivity contribution in [3.8, 4) is 0 Å². The summed E-state index contributed by atoms with van der Waals surface area (Å²) in [5.41, 5.74) is 5.77. The molecule has 6 rings (SSSR count). The van der Waals surface area contributed by atoms with Crippen LogP contribution in [0, 0.1) is 0 Å². The van der Waals surface area contributed by atoms with E-state index in [2.05, 4.69) is 140 Å². The molecular formula is C38H36P2Ti-6. The average molecular weight is 603 g/mol. The molecule has 41 heavy (non-hydrogen) atoms. The Hall–Kier alpha value is -2.85. The molecule has 0 unspecified atom stereocenters. The van der Waals surface area contributed by atoms with Gasteiger partial charge in [0, 0.05) is 21.7 Å². The molecule has 0 aliphatic carbocycles. The van der Waals surface area contributed by atoms with Crippen molar-refractivity contribution in [1.29, 1.82) is 0 Å². The number of hydrogen-bond acceptors (Lipinski definition) is 0. The quantitative estimate of drug-likeness (QED) is 0.0832. The van der Waals surface area contributed by atoms with Crippen LogP contribution in [0.25, 0.3) is 0 Å². The fourth-order valence-corrected chi connectivity index (χ4v) is 10.7. The summed E-state index contributed by atoms with van der Waals surface area (Å²) in [5, 5.41) is 3.20. The van der Waals surface area contributed by atoms with E-state index in [1.165, 1.54) is 22.3 Å². The van der Waals surface area contributed by atoms with Crippen molar-refractivity contribution in [1.82, 2.24) is 0 Å². The molecule has 0 heterocycles. The Morgan fingerprint density at radius 1 is 0.415 bits per heavy atom. The molecule has 0 radical (unpaired) electrons.